The number of nitrogens with two attached hydrogens (primary N) is 1. The molecule has 0 amide bonds. The van der Waals surface area contributed by atoms with Gasteiger partial charge in [0.15, 0.2) is 0 Å². The standard InChI is InChI=1S/C14H25F3NO6P.C8H7F3/c1-3-11(7-12(8-23-4-2)14(15,16)17)5-6-13(18,9-19)10-24-25(20,21)22;1-6-2-4-7(5-3-6)8(9,10)11/h3,7,19H,4-6,8-10,18H2,1-2H3,(H2,20,21,22);2-5H,1H3/b11-3-,12-7+;. The Labute approximate surface area is 205 Å². The highest BCUT2D eigenvalue weighted by atomic mass is 31.2. The molecule has 5 N–H and O–H groups in total. The summed E-state index contributed by atoms with van der Waals surface area (Å²) in [6.07, 6.45) is -6.36. The van der Waals surface area contributed by atoms with Crippen LogP contribution in [0, 0.1) is 6.92 Å². The maximum Gasteiger partial charge on any atom is 0.469 e. The van der Waals surface area contributed by atoms with E-state index >= 15 is 0 Å². The predicted molar refractivity (Wildman–Crippen MR) is 122 cm³/mol. The molecule has 1 atom stereocenters. The Morgan fingerprint density at radius 3 is 2.06 bits per heavy atom. The lowest BCUT2D eigenvalue weighted by Crippen LogP contribution is -2.47. The van der Waals surface area contributed by atoms with Crippen LogP contribution >= 0.6 is 7.82 Å². The van der Waals surface area contributed by atoms with Gasteiger partial charge in [-0.15, -0.1) is 0 Å². The Hall–Kier alpha value is -1.73. The smallest absolute Gasteiger partial charge is 0.394 e. The molecule has 0 aliphatic carbocycles. The van der Waals surface area contributed by atoms with E-state index in [9.17, 15) is 36.0 Å². The van der Waals surface area contributed by atoms with Gasteiger partial charge in [0, 0.05) is 6.61 Å². The van der Waals surface area contributed by atoms with Crippen molar-refractivity contribution in [3.8, 4) is 0 Å². The molecule has 36 heavy (non-hydrogen) atoms. The quantitative estimate of drug-likeness (QED) is 0.173. The van der Waals surface area contributed by atoms with E-state index in [4.69, 9.17) is 20.3 Å². The third kappa shape index (κ3) is 14.7. The number of halogens is 6. The highest BCUT2D eigenvalue weighted by Crippen LogP contribution is 2.37. The topological polar surface area (TPSA) is 122 Å². The Bertz CT molecular complexity index is 896. The average molecular weight is 551 g/mol. The molecule has 0 aliphatic rings. The van der Waals surface area contributed by atoms with Crippen LogP contribution in [0.2, 0.25) is 0 Å². The molecule has 0 aliphatic heterocycles. The monoisotopic (exact) mass is 551 g/mol. The van der Waals surface area contributed by atoms with Crippen LogP contribution in [-0.2, 0) is 20.0 Å². The van der Waals surface area contributed by atoms with Gasteiger partial charge in [0.05, 0.1) is 36.5 Å². The van der Waals surface area contributed by atoms with Crippen molar-refractivity contribution in [2.45, 2.75) is 51.5 Å². The summed E-state index contributed by atoms with van der Waals surface area (Å²) >= 11 is 0. The summed E-state index contributed by atoms with van der Waals surface area (Å²) in [5, 5.41) is 9.30. The molecule has 1 aromatic carbocycles. The number of aryl methyl sites for hydroxylation is 1. The first kappa shape index (κ1) is 34.3. The largest absolute Gasteiger partial charge is 0.469 e. The molecule has 1 rings (SSSR count). The Balaban J connectivity index is 0.000000918. The number of phosphoric ester groups is 1. The van der Waals surface area contributed by atoms with Gasteiger partial charge in [-0.1, -0.05) is 29.3 Å². The summed E-state index contributed by atoms with van der Waals surface area (Å²) in [4.78, 5) is 17.4. The third-order valence-electron chi connectivity index (χ3n) is 4.68. The molecule has 0 radical (unpaired) electrons. The van der Waals surface area contributed by atoms with Crippen LogP contribution in [0.4, 0.5) is 26.3 Å². The van der Waals surface area contributed by atoms with Crippen molar-refractivity contribution in [2.75, 3.05) is 26.4 Å². The molecule has 14 heteroatoms. The fourth-order valence-corrected chi connectivity index (χ4v) is 2.91. The van der Waals surface area contributed by atoms with Crippen molar-refractivity contribution in [1.82, 2.24) is 0 Å². The summed E-state index contributed by atoms with van der Waals surface area (Å²) in [6, 6.07) is 5.05. The molecule has 0 fully saturated rings. The molecule has 0 saturated heterocycles. The predicted octanol–water partition coefficient (Wildman–Crippen LogP) is 5.05. The number of benzene rings is 1. The van der Waals surface area contributed by atoms with E-state index in [1.807, 2.05) is 0 Å². The van der Waals surface area contributed by atoms with Crippen LogP contribution in [0.5, 0.6) is 0 Å². The average Bonchev–Trinajstić information content (AvgIpc) is 2.76. The number of ether oxygens (including phenoxy) is 1. The zero-order valence-electron chi connectivity index (χ0n) is 20.1. The lowest BCUT2D eigenvalue weighted by molar-refractivity contribution is -0.137. The van der Waals surface area contributed by atoms with E-state index in [0.717, 1.165) is 23.8 Å². The lowest BCUT2D eigenvalue weighted by atomic mass is 9.93. The van der Waals surface area contributed by atoms with Gasteiger partial charge in [0.25, 0.3) is 0 Å². The molecule has 7 nitrogen and oxygen atoms in total. The fourth-order valence-electron chi connectivity index (χ4n) is 2.49. The minimum Gasteiger partial charge on any atom is -0.394 e. The maximum atomic E-state index is 13.0. The zero-order chi connectivity index (χ0) is 28.2. The Kier molecular flexibility index (Phi) is 14.2. The second-order valence-corrected chi connectivity index (χ2v) is 9.06. The van der Waals surface area contributed by atoms with Crippen LogP contribution in [0.1, 0.15) is 37.8 Å². The molecule has 0 heterocycles. The number of alkyl halides is 6. The fraction of sp³-hybridized carbons (Fsp3) is 0.545. The van der Waals surface area contributed by atoms with Crippen molar-refractivity contribution in [3.05, 3.63) is 58.7 Å². The van der Waals surface area contributed by atoms with Crippen molar-refractivity contribution in [1.29, 1.82) is 0 Å². The molecule has 208 valence electrons. The van der Waals surface area contributed by atoms with Crippen LogP contribution in [0.15, 0.2) is 47.6 Å². The van der Waals surface area contributed by atoms with Gasteiger partial charge < -0.3 is 25.4 Å². The first-order valence-corrected chi connectivity index (χ1v) is 12.1. The molecule has 0 spiro atoms. The summed E-state index contributed by atoms with van der Waals surface area (Å²) in [6.45, 7) is 3.12. The first-order valence-electron chi connectivity index (χ1n) is 10.6. The number of aliphatic hydroxyl groups is 1. The molecule has 0 bridgehead atoms. The lowest BCUT2D eigenvalue weighted by Gasteiger charge is -2.27. The Morgan fingerprint density at radius 1 is 1.11 bits per heavy atom. The van der Waals surface area contributed by atoms with Crippen LogP contribution in [0.25, 0.3) is 0 Å². The first-order chi connectivity index (χ1) is 16.4. The normalized spacial score (nSPS) is 15.2. The van der Waals surface area contributed by atoms with E-state index < -0.39 is 56.7 Å². The maximum absolute atomic E-state index is 13.0. The molecular weight excluding hydrogens is 519 g/mol. The number of allylic oxidation sites excluding steroid dienone is 3. The minimum atomic E-state index is -4.77. The Morgan fingerprint density at radius 2 is 1.67 bits per heavy atom. The second-order valence-electron chi connectivity index (χ2n) is 7.82. The zero-order valence-corrected chi connectivity index (χ0v) is 21.0. The van der Waals surface area contributed by atoms with Crippen molar-refractivity contribution >= 4 is 7.82 Å². The minimum absolute atomic E-state index is 0.0422. The van der Waals surface area contributed by atoms with Crippen LogP contribution < -0.4 is 5.73 Å². The van der Waals surface area contributed by atoms with Gasteiger partial charge in [-0.05, 0) is 51.8 Å². The third-order valence-corrected chi connectivity index (χ3v) is 5.15. The van der Waals surface area contributed by atoms with Gasteiger partial charge in [0.2, 0.25) is 0 Å². The van der Waals surface area contributed by atoms with Crippen LogP contribution in [-0.4, -0.2) is 53.0 Å². The van der Waals surface area contributed by atoms with Crippen molar-refractivity contribution in [2.24, 2.45) is 5.73 Å². The van der Waals surface area contributed by atoms with Gasteiger partial charge in [-0.3, -0.25) is 4.52 Å². The van der Waals surface area contributed by atoms with Gasteiger partial charge in [-0.2, -0.15) is 26.3 Å². The highest BCUT2D eigenvalue weighted by molar-refractivity contribution is 7.46. The molecule has 0 aromatic heterocycles. The van der Waals surface area contributed by atoms with Crippen LogP contribution in [0.3, 0.4) is 0 Å². The summed E-state index contributed by atoms with van der Waals surface area (Å²) in [7, 11) is -4.77. The molecule has 0 saturated carbocycles. The van der Waals surface area contributed by atoms with E-state index in [0.29, 0.717) is 5.57 Å². The number of phosphoric acid groups is 1. The number of aliphatic hydroxyl groups excluding tert-OH is 1. The molecule has 1 unspecified atom stereocenters. The van der Waals surface area contributed by atoms with Crippen molar-refractivity contribution in [3.63, 3.8) is 0 Å². The van der Waals surface area contributed by atoms with E-state index in [1.165, 1.54) is 18.2 Å². The summed E-state index contributed by atoms with van der Waals surface area (Å²) in [5.74, 6) is 0. The van der Waals surface area contributed by atoms with Gasteiger partial charge in [0.1, 0.15) is 0 Å². The SMILES string of the molecule is C/C=C(\C=C(/COCC)C(F)(F)F)CCC(N)(CO)COP(=O)(O)O.Cc1ccc(C(F)(F)F)cc1. The van der Waals surface area contributed by atoms with Gasteiger partial charge in [-0.25, -0.2) is 4.57 Å². The van der Waals surface area contributed by atoms with E-state index in [1.54, 1.807) is 20.8 Å². The second kappa shape index (κ2) is 14.9. The molecule has 1 aromatic rings. The number of hydrogen-bond donors (Lipinski definition) is 4. The van der Waals surface area contributed by atoms with E-state index in [2.05, 4.69) is 4.52 Å². The summed E-state index contributed by atoms with van der Waals surface area (Å²) < 4.78 is 94.5. The number of hydrogen-bond acceptors (Lipinski definition) is 5. The van der Waals surface area contributed by atoms with E-state index in [-0.39, 0.29) is 19.4 Å². The number of rotatable bonds is 11. The van der Waals surface area contributed by atoms with Gasteiger partial charge >= 0.3 is 20.2 Å². The summed E-state index contributed by atoms with van der Waals surface area (Å²) in [5.41, 5.74) is 3.97. The highest BCUT2D eigenvalue weighted by Gasteiger charge is 2.34. The molecular formula is C22H32F6NO6P. The van der Waals surface area contributed by atoms with Crippen molar-refractivity contribution < 1.29 is 55.1 Å².